The van der Waals surface area contributed by atoms with Crippen LogP contribution in [-0.4, -0.2) is 24.5 Å². The number of hydrogen-bond donors (Lipinski definition) is 5. The quantitative estimate of drug-likeness (QED) is 0.204. The molecule has 0 fully saturated rings. The molecule has 0 rings (SSSR count). The van der Waals surface area contributed by atoms with E-state index >= 15 is 0 Å². The lowest BCUT2D eigenvalue weighted by Gasteiger charge is -2.09. The van der Waals surface area contributed by atoms with Gasteiger partial charge in [0.15, 0.2) is 5.96 Å². The van der Waals surface area contributed by atoms with Gasteiger partial charge < -0.3 is 22.1 Å². The highest BCUT2D eigenvalue weighted by molar-refractivity contribution is 5.81. The first-order chi connectivity index (χ1) is 6.07. The van der Waals surface area contributed by atoms with Crippen LogP contribution in [-0.2, 0) is 4.79 Å². The van der Waals surface area contributed by atoms with Crippen molar-refractivity contribution in [1.29, 1.82) is 5.41 Å². The Labute approximate surface area is 77.6 Å². The summed E-state index contributed by atoms with van der Waals surface area (Å²) in [4.78, 5) is 10.9. The van der Waals surface area contributed by atoms with Crippen molar-refractivity contribution in [2.75, 3.05) is 6.54 Å². The average molecular weight is 186 g/mol. The highest BCUT2D eigenvalue weighted by Crippen LogP contribution is 1.92. The number of carbonyl (C=O) groups is 1. The number of amides is 1. The molecule has 0 saturated heterocycles. The van der Waals surface area contributed by atoms with Crippen molar-refractivity contribution in [3.8, 4) is 0 Å². The lowest BCUT2D eigenvalue weighted by Crippen LogP contribution is -2.38. The molecule has 6 nitrogen and oxygen atoms in total. The van der Waals surface area contributed by atoms with Crippen molar-refractivity contribution >= 4 is 11.9 Å². The molecule has 6 heteroatoms. The summed E-state index contributed by atoms with van der Waals surface area (Å²) in [6, 6.07) is -0.536. The van der Waals surface area contributed by atoms with Crippen molar-refractivity contribution in [2.24, 2.45) is 11.5 Å². The van der Waals surface area contributed by atoms with E-state index in [1.54, 1.807) is 0 Å². The van der Waals surface area contributed by atoms with Crippen LogP contribution >= 0.6 is 0 Å². The van der Waals surface area contributed by atoms with Crippen LogP contribution < -0.4 is 22.1 Å². The van der Waals surface area contributed by atoms with E-state index in [1.807, 2.05) is 0 Å². The van der Waals surface area contributed by atoms with E-state index in [1.165, 1.54) is 0 Å². The Morgan fingerprint density at radius 1 is 1.62 bits per heavy atom. The lowest BCUT2D eigenvalue weighted by atomic mass is 10.1. The van der Waals surface area contributed by atoms with Gasteiger partial charge in [-0.15, -0.1) is 0 Å². The van der Waals surface area contributed by atoms with E-state index in [2.05, 4.69) is 17.7 Å². The Balaban J connectivity index is 3.42. The standard InChI is InChI=1S/C7H16N5O/c1-11-6(13)5(8)3-2-4-12-7(9)10/h5H,1-4,8H2,(H,11,13)(H4,9,10,12)/t5-/m0/s1. The van der Waals surface area contributed by atoms with Gasteiger partial charge >= 0.3 is 0 Å². The number of guanidine groups is 1. The summed E-state index contributed by atoms with van der Waals surface area (Å²) in [6.45, 7) is 0.549. The van der Waals surface area contributed by atoms with Gasteiger partial charge in [-0.25, -0.2) is 0 Å². The second kappa shape index (κ2) is 6.24. The highest BCUT2D eigenvalue weighted by Gasteiger charge is 2.09. The molecule has 13 heavy (non-hydrogen) atoms. The largest absolute Gasteiger partial charge is 0.370 e. The number of rotatable bonds is 5. The molecule has 7 N–H and O–H groups in total. The summed E-state index contributed by atoms with van der Waals surface area (Å²) in [5, 5.41) is 11.7. The molecule has 0 aromatic heterocycles. The average Bonchev–Trinajstić information content (AvgIpc) is 2.10. The van der Waals surface area contributed by atoms with E-state index in [9.17, 15) is 4.79 Å². The van der Waals surface area contributed by atoms with Gasteiger partial charge in [0.25, 0.3) is 0 Å². The monoisotopic (exact) mass is 186 g/mol. The minimum absolute atomic E-state index is 0.0739. The molecule has 0 aliphatic heterocycles. The molecular weight excluding hydrogens is 170 g/mol. The molecule has 0 spiro atoms. The number of hydrogen-bond acceptors (Lipinski definition) is 3. The number of carbonyl (C=O) groups excluding carboxylic acids is 1. The van der Waals surface area contributed by atoms with Gasteiger partial charge in [-0.3, -0.25) is 10.2 Å². The van der Waals surface area contributed by atoms with Crippen LogP contribution in [0.2, 0.25) is 0 Å². The number of nitrogens with one attached hydrogen (secondary N) is 3. The maximum Gasteiger partial charge on any atom is 0.236 e. The first kappa shape index (κ1) is 11.7. The minimum Gasteiger partial charge on any atom is -0.370 e. The van der Waals surface area contributed by atoms with Crippen LogP contribution in [0.4, 0.5) is 0 Å². The van der Waals surface area contributed by atoms with Crippen LogP contribution in [0.25, 0.3) is 0 Å². The lowest BCUT2D eigenvalue weighted by molar-refractivity contribution is -0.121. The van der Waals surface area contributed by atoms with E-state index in [4.69, 9.17) is 16.9 Å². The van der Waals surface area contributed by atoms with Crippen LogP contribution in [0.3, 0.4) is 0 Å². The summed E-state index contributed by atoms with van der Waals surface area (Å²) in [6.07, 6.45) is 1.23. The van der Waals surface area contributed by atoms with E-state index in [0.29, 0.717) is 19.4 Å². The molecule has 0 aliphatic carbocycles. The van der Waals surface area contributed by atoms with Crippen molar-refractivity contribution in [2.45, 2.75) is 18.9 Å². The molecule has 0 saturated carbocycles. The first-order valence-corrected chi connectivity index (χ1v) is 3.98. The highest BCUT2D eigenvalue weighted by atomic mass is 16.2. The van der Waals surface area contributed by atoms with E-state index in [0.717, 1.165) is 0 Å². The summed E-state index contributed by atoms with van der Waals surface area (Å²) >= 11 is 0. The van der Waals surface area contributed by atoms with Gasteiger partial charge in [0, 0.05) is 13.6 Å². The maximum absolute atomic E-state index is 10.9. The molecule has 0 heterocycles. The molecule has 0 bridgehead atoms. The third-order valence-electron chi connectivity index (χ3n) is 1.52. The molecule has 1 radical (unpaired) electrons. The zero-order chi connectivity index (χ0) is 10.3. The second-order valence-electron chi connectivity index (χ2n) is 2.63. The summed E-state index contributed by atoms with van der Waals surface area (Å²) in [5.41, 5.74) is 10.5. The van der Waals surface area contributed by atoms with Crippen LogP contribution in [0.15, 0.2) is 0 Å². The zero-order valence-electron chi connectivity index (χ0n) is 7.47. The fraction of sp³-hybridized carbons (Fsp3) is 0.571. The molecule has 0 aromatic rings. The third-order valence-corrected chi connectivity index (χ3v) is 1.52. The van der Waals surface area contributed by atoms with E-state index < -0.39 is 6.04 Å². The predicted molar refractivity (Wildman–Crippen MR) is 50.6 cm³/mol. The topological polar surface area (TPSA) is 117 Å². The van der Waals surface area contributed by atoms with Gasteiger partial charge in [-0.2, -0.15) is 0 Å². The van der Waals surface area contributed by atoms with Gasteiger partial charge in [0.2, 0.25) is 5.91 Å². The smallest absolute Gasteiger partial charge is 0.236 e. The Morgan fingerprint density at radius 3 is 2.69 bits per heavy atom. The van der Waals surface area contributed by atoms with Crippen LogP contribution in [0.5, 0.6) is 0 Å². The summed E-state index contributed by atoms with van der Waals surface area (Å²) in [5.74, 6) is -0.349. The molecule has 0 aromatic carbocycles. The third kappa shape index (κ3) is 5.92. The van der Waals surface area contributed by atoms with Crippen LogP contribution in [0.1, 0.15) is 12.8 Å². The van der Waals surface area contributed by atoms with Crippen molar-refractivity contribution in [3.05, 3.63) is 7.05 Å². The fourth-order valence-electron chi connectivity index (χ4n) is 0.807. The summed E-state index contributed by atoms with van der Waals surface area (Å²) < 4.78 is 0. The molecular formula is C7H16N5O. The van der Waals surface area contributed by atoms with Crippen molar-refractivity contribution in [1.82, 2.24) is 10.6 Å². The van der Waals surface area contributed by atoms with Crippen LogP contribution in [0, 0.1) is 12.5 Å². The fourth-order valence-corrected chi connectivity index (χ4v) is 0.807. The van der Waals surface area contributed by atoms with Gasteiger partial charge in [0.1, 0.15) is 0 Å². The molecule has 75 valence electrons. The summed E-state index contributed by atoms with van der Waals surface area (Å²) in [7, 11) is 3.21. The second-order valence-corrected chi connectivity index (χ2v) is 2.63. The van der Waals surface area contributed by atoms with Gasteiger partial charge in [-0.05, 0) is 12.8 Å². The Hall–Kier alpha value is -1.30. The van der Waals surface area contributed by atoms with E-state index in [-0.39, 0.29) is 11.9 Å². The maximum atomic E-state index is 10.9. The first-order valence-electron chi connectivity index (χ1n) is 3.98. The minimum atomic E-state index is -0.536. The molecule has 1 amide bonds. The van der Waals surface area contributed by atoms with Gasteiger partial charge in [0.05, 0.1) is 6.04 Å². The Morgan fingerprint density at radius 2 is 2.23 bits per heavy atom. The van der Waals surface area contributed by atoms with Crippen molar-refractivity contribution < 1.29 is 4.79 Å². The zero-order valence-corrected chi connectivity index (χ0v) is 7.47. The molecule has 0 aliphatic rings. The SMILES string of the molecule is [CH2]NC(=O)[C@@H](N)CCCNC(=N)N. The number of nitrogens with two attached hydrogens (primary N) is 2. The molecule has 0 unspecified atom stereocenters. The van der Waals surface area contributed by atoms with Crippen molar-refractivity contribution in [3.63, 3.8) is 0 Å². The predicted octanol–water partition coefficient (Wildman–Crippen LogP) is -1.52. The Kier molecular flexibility index (Phi) is 5.62. The molecule has 1 atom stereocenters. The normalized spacial score (nSPS) is 11.8. The van der Waals surface area contributed by atoms with Gasteiger partial charge in [-0.1, -0.05) is 0 Å². The Bertz CT molecular complexity index is 182.